The van der Waals surface area contributed by atoms with E-state index in [0.717, 1.165) is 24.6 Å². The summed E-state index contributed by atoms with van der Waals surface area (Å²) in [5.74, 6) is 0. The maximum Gasteiger partial charge on any atom is 0.0931 e. The van der Waals surface area contributed by atoms with E-state index in [9.17, 15) is 0 Å². The second kappa shape index (κ2) is 3.51. The normalized spacial score (nSPS) is 27.7. The summed E-state index contributed by atoms with van der Waals surface area (Å²) in [5.41, 5.74) is 11.2. The molecule has 2 aliphatic rings. The molecule has 0 aromatic heterocycles. The monoisotopic (exact) mass is 195 g/mol. The topological polar surface area (TPSA) is 56.6 Å². The van der Waals surface area contributed by atoms with E-state index < -0.39 is 0 Å². The maximum atomic E-state index is 5.99. The zero-order valence-corrected chi connectivity index (χ0v) is 8.62. The minimum atomic E-state index is 0.289. The first-order valence-electron chi connectivity index (χ1n) is 4.81. The molecule has 2 heterocycles. The Balaban J connectivity index is 2.17. The van der Waals surface area contributed by atoms with Gasteiger partial charge >= 0.3 is 0 Å². The van der Waals surface area contributed by atoms with Gasteiger partial charge in [-0.2, -0.15) is 0 Å². The summed E-state index contributed by atoms with van der Waals surface area (Å²) in [6.07, 6.45) is 4.37. The summed E-state index contributed by atoms with van der Waals surface area (Å²) in [7, 11) is 2.01. The van der Waals surface area contributed by atoms with E-state index in [0.29, 0.717) is 0 Å². The lowest BCUT2D eigenvalue weighted by molar-refractivity contribution is 0.254. The van der Waals surface area contributed by atoms with E-state index in [2.05, 4.69) is 27.6 Å². The lowest BCUT2D eigenvalue weighted by Crippen LogP contribution is -2.40. The molecule has 0 spiro atoms. The molecule has 1 unspecified atom stereocenters. The highest BCUT2D eigenvalue weighted by atomic mass is 15.6. The number of hydrazine groups is 1. The molecular weight excluding hydrogens is 178 g/mol. The van der Waals surface area contributed by atoms with Gasteiger partial charge in [0.05, 0.1) is 30.8 Å². The first-order chi connectivity index (χ1) is 6.68. The number of hydrogen-bond acceptors (Lipinski definition) is 5. The molecule has 0 amide bonds. The number of hydrogen-bond donors (Lipinski definition) is 3. The molecule has 0 aromatic carbocycles. The number of allylic oxidation sites excluding steroid dienone is 1. The smallest absolute Gasteiger partial charge is 0.0931 e. The van der Waals surface area contributed by atoms with E-state index in [1.54, 1.807) is 0 Å². The summed E-state index contributed by atoms with van der Waals surface area (Å²) in [5, 5.41) is 5.34. The van der Waals surface area contributed by atoms with Gasteiger partial charge in [0, 0.05) is 13.2 Å². The molecule has 78 valence electrons. The third-order valence-corrected chi connectivity index (χ3v) is 2.53. The Kier molecular flexibility index (Phi) is 2.35. The predicted octanol–water partition coefficient (Wildman–Crippen LogP) is -0.671. The molecule has 1 saturated heterocycles. The van der Waals surface area contributed by atoms with Crippen molar-refractivity contribution in [2.75, 3.05) is 20.3 Å². The van der Waals surface area contributed by atoms with Gasteiger partial charge in [0.25, 0.3) is 0 Å². The Bertz CT molecular complexity index is 283. The van der Waals surface area contributed by atoms with Gasteiger partial charge in [-0.05, 0) is 13.0 Å². The number of nitrogens with zero attached hydrogens (tertiary/aromatic N) is 2. The molecule has 1 fully saturated rings. The summed E-state index contributed by atoms with van der Waals surface area (Å²) < 4.78 is 0. The van der Waals surface area contributed by atoms with Crippen LogP contribution in [-0.2, 0) is 0 Å². The van der Waals surface area contributed by atoms with E-state index in [4.69, 9.17) is 5.73 Å². The van der Waals surface area contributed by atoms with Crippen LogP contribution in [0.25, 0.3) is 0 Å². The zero-order chi connectivity index (χ0) is 10.1. The van der Waals surface area contributed by atoms with Gasteiger partial charge in [-0.1, -0.05) is 0 Å². The van der Waals surface area contributed by atoms with Crippen LogP contribution in [0.3, 0.4) is 0 Å². The Morgan fingerprint density at radius 3 is 2.93 bits per heavy atom. The molecule has 2 rings (SSSR count). The fraction of sp³-hybridized carbons (Fsp3) is 0.556. The van der Waals surface area contributed by atoms with Crippen LogP contribution in [0.15, 0.2) is 23.7 Å². The highest BCUT2D eigenvalue weighted by molar-refractivity contribution is 5.27. The molecule has 2 aliphatic heterocycles. The summed E-state index contributed by atoms with van der Waals surface area (Å²) >= 11 is 0. The van der Waals surface area contributed by atoms with Gasteiger partial charge in [0.1, 0.15) is 0 Å². The Morgan fingerprint density at radius 1 is 1.57 bits per heavy atom. The second-order valence-electron chi connectivity index (χ2n) is 3.73. The highest BCUT2D eigenvalue weighted by Gasteiger charge is 2.23. The molecule has 14 heavy (non-hydrogen) atoms. The number of nitrogens with one attached hydrogen (secondary N) is 2. The van der Waals surface area contributed by atoms with Gasteiger partial charge in [-0.25, -0.2) is 5.43 Å². The molecule has 0 aromatic rings. The fourth-order valence-corrected chi connectivity index (χ4v) is 1.74. The van der Waals surface area contributed by atoms with Gasteiger partial charge in [0.2, 0.25) is 0 Å². The van der Waals surface area contributed by atoms with Crippen LogP contribution in [-0.4, -0.2) is 36.3 Å². The minimum Gasteiger partial charge on any atom is -0.399 e. The molecule has 0 aliphatic carbocycles. The number of rotatable bonds is 1. The lowest BCUT2D eigenvalue weighted by Gasteiger charge is -2.29. The molecular formula is C9H17N5. The minimum absolute atomic E-state index is 0.289. The summed E-state index contributed by atoms with van der Waals surface area (Å²) in [6, 6.07) is 0. The highest BCUT2D eigenvalue weighted by Crippen LogP contribution is 2.16. The lowest BCUT2D eigenvalue weighted by atomic mass is 10.2. The van der Waals surface area contributed by atoms with Crippen molar-refractivity contribution >= 4 is 0 Å². The van der Waals surface area contributed by atoms with Gasteiger partial charge < -0.3 is 10.6 Å². The van der Waals surface area contributed by atoms with Gasteiger partial charge in [-0.15, -0.1) is 0 Å². The van der Waals surface area contributed by atoms with E-state index in [1.165, 1.54) is 0 Å². The maximum absolute atomic E-state index is 5.99. The van der Waals surface area contributed by atoms with Crippen molar-refractivity contribution in [2.45, 2.75) is 13.1 Å². The third kappa shape index (κ3) is 1.56. The van der Waals surface area contributed by atoms with E-state index in [1.807, 2.05) is 19.3 Å². The van der Waals surface area contributed by atoms with Gasteiger partial charge in [0.15, 0.2) is 0 Å². The van der Waals surface area contributed by atoms with Crippen LogP contribution >= 0.6 is 0 Å². The van der Waals surface area contributed by atoms with Crippen LogP contribution in [0.4, 0.5) is 0 Å². The van der Waals surface area contributed by atoms with E-state index in [-0.39, 0.29) is 6.17 Å². The number of likely N-dealkylation sites (N-methyl/N-ethyl adjacent to an activating group) is 1. The third-order valence-electron chi connectivity index (χ3n) is 2.53. The van der Waals surface area contributed by atoms with Crippen LogP contribution in [0.2, 0.25) is 0 Å². The molecule has 0 radical (unpaired) electrons. The van der Waals surface area contributed by atoms with Crippen molar-refractivity contribution < 1.29 is 0 Å². The zero-order valence-electron chi connectivity index (χ0n) is 8.62. The van der Waals surface area contributed by atoms with Crippen molar-refractivity contribution in [3.63, 3.8) is 0 Å². The molecule has 5 heteroatoms. The standard InChI is InChI=1S/C9H17N5/c1-7-11-6-12-14(7)9-3-4-13(2)5-8(9)10/h3-4,7,11-12H,5-6,10H2,1-2H3. The molecule has 1 atom stereocenters. The van der Waals surface area contributed by atoms with Crippen LogP contribution in [0, 0.1) is 0 Å². The largest absolute Gasteiger partial charge is 0.399 e. The average Bonchev–Trinajstić information content (AvgIpc) is 2.52. The van der Waals surface area contributed by atoms with Crippen LogP contribution < -0.4 is 16.5 Å². The van der Waals surface area contributed by atoms with Gasteiger partial charge in [-0.3, -0.25) is 10.3 Å². The second-order valence-corrected chi connectivity index (χ2v) is 3.73. The number of nitrogens with two attached hydrogens (primary N) is 1. The van der Waals surface area contributed by atoms with Crippen molar-refractivity contribution in [1.29, 1.82) is 0 Å². The predicted molar refractivity (Wildman–Crippen MR) is 55.4 cm³/mol. The molecule has 0 saturated carbocycles. The summed E-state index contributed by atoms with van der Waals surface area (Å²) in [6.45, 7) is 3.69. The SMILES string of the molecule is CC1NCNN1C1=C(N)CN(C)C=C1. The first-order valence-corrected chi connectivity index (χ1v) is 4.81. The molecule has 4 N–H and O–H groups in total. The van der Waals surface area contributed by atoms with Crippen molar-refractivity contribution in [3.8, 4) is 0 Å². The first kappa shape index (κ1) is 9.36. The van der Waals surface area contributed by atoms with Crippen molar-refractivity contribution in [2.24, 2.45) is 5.73 Å². The van der Waals surface area contributed by atoms with Crippen LogP contribution in [0.5, 0.6) is 0 Å². The van der Waals surface area contributed by atoms with Crippen molar-refractivity contribution in [3.05, 3.63) is 23.7 Å². The Morgan fingerprint density at radius 2 is 2.36 bits per heavy atom. The van der Waals surface area contributed by atoms with Crippen LogP contribution in [0.1, 0.15) is 6.92 Å². The Hall–Kier alpha value is -1.20. The summed E-state index contributed by atoms with van der Waals surface area (Å²) in [4.78, 5) is 2.06. The fourth-order valence-electron chi connectivity index (χ4n) is 1.74. The Labute approximate surface area is 84.2 Å². The average molecular weight is 195 g/mol. The quantitative estimate of drug-likeness (QED) is 0.518. The molecule has 5 nitrogen and oxygen atoms in total. The molecule has 0 bridgehead atoms. The van der Waals surface area contributed by atoms with E-state index >= 15 is 0 Å². The van der Waals surface area contributed by atoms with Crippen molar-refractivity contribution in [1.82, 2.24) is 20.7 Å².